The molecule has 0 bridgehead atoms. The number of rotatable bonds is 6. The quantitative estimate of drug-likeness (QED) is 0.462. The van der Waals surface area contributed by atoms with Crippen molar-refractivity contribution in [2.45, 2.75) is 19.5 Å². The lowest BCUT2D eigenvalue weighted by Gasteiger charge is -2.25. The van der Waals surface area contributed by atoms with Crippen LogP contribution in [0.25, 0.3) is 5.65 Å². The van der Waals surface area contributed by atoms with Gasteiger partial charge in [0.2, 0.25) is 0 Å². The second-order valence-electron chi connectivity index (χ2n) is 7.70. The summed E-state index contributed by atoms with van der Waals surface area (Å²) in [5, 5.41) is 3.43. The van der Waals surface area contributed by atoms with Gasteiger partial charge in [-0.1, -0.05) is 41.9 Å². The van der Waals surface area contributed by atoms with Gasteiger partial charge in [-0.05, 0) is 55.9 Å². The van der Waals surface area contributed by atoms with Gasteiger partial charge >= 0.3 is 0 Å². The van der Waals surface area contributed by atoms with Crippen LogP contribution in [-0.4, -0.2) is 27.2 Å². The highest BCUT2D eigenvalue weighted by molar-refractivity contribution is 6.30. The fourth-order valence-corrected chi connectivity index (χ4v) is 3.68. The minimum atomic E-state index is -0.167. The van der Waals surface area contributed by atoms with Crippen molar-refractivity contribution in [2.75, 3.05) is 12.4 Å². The molecule has 0 spiro atoms. The van der Waals surface area contributed by atoms with E-state index in [1.54, 1.807) is 30.5 Å². The molecule has 0 aliphatic carbocycles. The first-order valence-corrected chi connectivity index (χ1v) is 10.6. The van der Waals surface area contributed by atoms with Gasteiger partial charge in [-0.2, -0.15) is 0 Å². The number of carbonyl (C=O) groups is 1. The van der Waals surface area contributed by atoms with E-state index in [-0.39, 0.29) is 17.5 Å². The second kappa shape index (κ2) is 9.34. The first-order valence-electron chi connectivity index (χ1n) is 10.2. The van der Waals surface area contributed by atoms with Crippen LogP contribution in [-0.2, 0) is 6.54 Å². The molecular weight excluding hydrogens is 424 g/mol. The number of fused-ring (bicyclic) bond motifs is 1. The maximum absolute atomic E-state index is 12.5. The van der Waals surface area contributed by atoms with Crippen molar-refractivity contribution in [3.05, 3.63) is 111 Å². The van der Waals surface area contributed by atoms with E-state index in [1.165, 1.54) is 10.5 Å². The van der Waals surface area contributed by atoms with E-state index >= 15 is 0 Å². The topological polar surface area (TPSA) is 66.7 Å². The van der Waals surface area contributed by atoms with E-state index in [2.05, 4.69) is 22.1 Å². The average Bonchev–Trinajstić information content (AvgIpc) is 2.80. The van der Waals surface area contributed by atoms with E-state index in [1.807, 2.05) is 49.5 Å². The molecule has 0 saturated carbocycles. The number of amides is 1. The second-order valence-corrected chi connectivity index (χ2v) is 8.13. The Balaban J connectivity index is 1.49. The minimum Gasteiger partial charge on any atom is -0.322 e. The van der Waals surface area contributed by atoms with Crippen LogP contribution in [0.5, 0.6) is 0 Å². The number of carbonyl (C=O) groups excluding carboxylic acids is 1. The molecule has 32 heavy (non-hydrogen) atoms. The highest BCUT2D eigenvalue weighted by Crippen LogP contribution is 2.23. The van der Waals surface area contributed by atoms with Crippen LogP contribution in [0.2, 0.25) is 5.02 Å². The lowest BCUT2D eigenvalue weighted by atomic mass is 10.1. The van der Waals surface area contributed by atoms with Gasteiger partial charge in [0, 0.05) is 36.1 Å². The van der Waals surface area contributed by atoms with Gasteiger partial charge < -0.3 is 5.32 Å². The van der Waals surface area contributed by atoms with Crippen molar-refractivity contribution < 1.29 is 4.79 Å². The van der Waals surface area contributed by atoms with Crippen molar-refractivity contribution in [3.8, 4) is 0 Å². The van der Waals surface area contributed by atoms with Crippen molar-refractivity contribution in [2.24, 2.45) is 0 Å². The predicted octanol–water partition coefficient (Wildman–Crippen LogP) is 4.79. The number of hydrogen-bond donors (Lipinski definition) is 1. The van der Waals surface area contributed by atoms with Crippen LogP contribution in [0.3, 0.4) is 0 Å². The molecule has 6 nitrogen and oxygen atoms in total. The number of pyridine rings is 1. The molecule has 0 saturated heterocycles. The van der Waals surface area contributed by atoms with Crippen molar-refractivity contribution in [1.82, 2.24) is 14.3 Å². The Kier molecular flexibility index (Phi) is 6.35. The number of halogens is 1. The Morgan fingerprint density at radius 2 is 1.88 bits per heavy atom. The fraction of sp³-hybridized carbons (Fsp3) is 0.160. The summed E-state index contributed by atoms with van der Waals surface area (Å²) in [6.45, 7) is 2.57. The molecule has 2 aromatic carbocycles. The molecular formula is C25H23ClN4O2. The zero-order valence-electron chi connectivity index (χ0n) is 17.8. The van der Waals surface area contributed by atoms with E-state index in [0.717, 1.165) is 11.3 Å². The third-order valence-corrected chi connectivity index (χ3v) is 5.64. The van der Waals surface area contributed by atoms with Crippen molar-refractivity contribution >= 4 is 28.8 Å². The van der Waals surface area contributed by atoms with E-state index in [4.69, 9.17) is 11.6 Å². The summed E-state index contributed by atoms with van der Waals surface area (Å²) in [5.41, 5.74) is 3.46. The summed E-state index contributed by atoms with van der Waals surface area (Å²) < 4.78 is 1.44. The summed E-state index contributed by atoms with van der Waals surface area (Å²) in [6, 6.07) is 21.9. The number of nitrogens with zero attached hydrogens (tertiary/aromatic N) is 3. The zero-order valence-corrected chi connectivity index (χ0v) is 18.6. The summed E-state index contributed by atoms with van der Waals surface area (Å²) >= 11 is 5.98. The molecule has 7 heteroatoms. The van der Waals surface area contributed by atoms with Crippen LogP contribution in [0.4, 0.5) is 5.69 Å². The molecule has 0 radical (unpaired) electrons. The molecule has 1 amide bonds. The molecule has 0 fully saturated rings. The SMILES string of the molecule is C[C@H](c1cccc(NC(=O)c2ccccc2)c1)N(C)Cc1cc(=O)n2cc(Cl)ccc2n1. The van der Waals surface area contributed by atoms with E-state index in [9.17, 15) is 9.59 Å². The Hall–Kier alpha value is -3.48. The summed E-state index contributed by atoms with van der Waals surface area (Å²) in [4.78, 5) is 31.6. The third-order valence-electron chi connectivity index (χ3n) is 5.41. The molecule has 0 aliphatic heterocycles. The summed E-state index contributed by atoms with van der Waals surface area (Å²) in [6.07, 6.45) is 1.57. The summed E-state index contributed by atoms with van der Waals surface area (Å²) in [7, 11) is 1.98. The molecule has 4 rings (SSSR count). The Morgan fingerprint density at radius 1 is 1.09 bits per heavy atom. The maximum Gasteiger partial charge on any atom is 0.258 e. The Bertz CT molecular complexity index is 1320. The monoisotopic (exact) mass is 446 g/mol. The van der Waals surface area contributed by atoms with Crippen LogP contribution in [0.1, 0.15) is 34.6 Å². The van der Waals surface area contributed by atoms with Crippen LogP contribution >= 0.6 is 11.6 Å². The number of hydrogen-bond acceptors (Lipinski definition) is 4. The number of nitrogens with one attached hydrogen (secondary N) is 1. The van der Waals surface area contributed by atoms with Crippen molar-refractivity contribution in [3.63, 3.8) is 0 Å². The number of aromatic nitrogens is 2. The highest BCUT2D eigenvalue weighted by atomic mass is 35.5. The first kappa shape index (κ1) is 21.7. The molecule has 4 aromatic rings. The molecule has 162 valence electrons. The van der Waals surface area contributed by atoms with Gasteiger partial charge in [0.15, 0.2) is 0 Å². The van der Waals surface area contributed by atoms with Gasteiger partial charge in [-0.3, -0.25) is 18.9 Å². The van der Waals surface area contributed by atoms with Gasteiger partial charge in [0.05, 0.1) is 10.7 Å². The molecule has 2 heterocycles. The normalized spacial score (nSPS) is 12.1. The largest absolute Gasteiger partial charge is 0.322 e. The van der Waals surface area contributed by atoms with E-state index in [0.29, 0.717) is 28.5 Å². The van der Waals surface area contributed by atoms with Gasteiger partial charge in [-0.25, -0.2) is 4.98 Å². The predicted molar refractivity (Wildman–Crippen MR) is 127 cm³/mol. The molecule has 1 atom stereocenters. The molecule has 0 aliphatic rings. The first-order chi connectivity index (χ1) is 15.4. The van der Waals surface area contributed by atoms with Crippen molar-refractivity contribution in [1.29, 1.82) is 0 Å². The van der Waals surface area contributed by atoms with Gasteiger partial charge in [-0.15, -0.1) is 0 Å². The van der Waals surface area contributed by atoms with Crippen LogP contribution < -0.4 is 10.9 Å². The Labute approximate surface area is 191 Å². The van der Waals surface area contributed by atoms with Gasteiger partial charge in [0.25, 0.3) is 11.5 Å². The smallest absolute Gasteiger partial charge is 0.258 e. The highest BCUT2D eigenvalue weighted by Gasteiger charge is 2.15. The molecule has 0 unspecified atom stereocenters. The standard InChI is InChI=1S/C25H23ClN4O2/c1-17(19-9-6-10-21(13-19)28-25(32)18-7-4-3-5-8-18)29(2)16-22-14-24(31)30-15-20(26)11-12-23(30)27-22/h3-15,17H,16H2,1-2H3,(H,28,32)/t17-/m1/s1. The molecule has 2 aromatic heterocycles. The third kappa shape index (κ3) is 4.88. The number of anilines is 1. The molecule has 1 N–H and O–H groups in total. The fourth-order valence-electron chi connectivity index (χ4n) is 3.52. The van der Waals surface area contributed by atoms with Gasteiger partial charge in [0.1, 0.15) is 5.65 Å². The zero-order chi connectivity index (χ0) is 22.7. The Morgan fingerprint density at radius 3 is 2.66 bits per heavy atom. The maximum atomic E-state index is 12.5. The minimum absolute atomic E-state index is 0.0362. The van der Waals surface area contributed by atoms with Crippen LogP contribution in [0, 0.1) is 0 Å². The lowest BCUT2D eigenvalue weighted by molar-refractivity contribution is 0.102. The summed E-state index contributed by atoms with van der Waals surface area (Å²) in [5.74, 6) is -0.148. The number of benzene rings is 2. The average molecular weight is 447 g/mol. The lowest BCUT2D eigenvalue weighted by Crippen LogP contribution is -2.24. The van der Waals surface area contributed by atoms with E-state index < -0.39 is 0 Å². The van der Waals surface area contributed by atoms with Crippen LogP contribution in [0.15, 0.2) is 83.8 Å².